The molecule has 2 rings (SSSR count). The van der Waals surface area contributed by atoms with Crippen molar-refractivity contribution >= 4 is 23.4 Å². The van der Waals surface area contributed by atoms with Crippen molar-refractivity contribution in [2.45, 2.75) is 18.7 Å². The van der Waals surface area contributed by atoms with Crippen molar-refractivity contribution < 1.29 is 9.90 Å². The highest BCUT2D eigenvalue weighted by Gasteiger charge is 2.06. The summed E-state index contributed by atoms with van der Waals surface area (Å²) in [7, 11) is 0. The van der Waals surface area contributed by atoms with Gasteiger partial charge in [-0.25, -0.2) is 0 Å². The molecule has 0 aromatic heterocycles. The number of hydrogen-bond acceptors (Lipinski definition) is 3. The fourth-order valence-corrected chi connectivity index (χ4v) is 2.49. The molecule has 0 saturated heterocycles. The molecule has 0 aliphatic heterocycles. The van der Waals surface area contributed by atoms with Gasteiger partial charge >= 0.3 is 0 Å². The molecule has 0 saturated carbocycles. The van der Waals surface area contributed by atoms with Crippen molar-refractivity contribution in [2.24, 2.45) is 0 Å². The van der Waals surface area contributed by atoms with E-state index in [1.54, 1.807) is 18.2 Å². The largest absolute Gasteiger partial charge is 0.507 e. The molecule has 0 unspecified atom stereocenters. The van der Waals surface area contributed by atoms with Crippen LogP contribution in [0.5, 0.6) is 5.75 Å². The number of anilines is 1. The lowest BCUT2D eigenvalue weighted by atomic mass is 10.1. The molecule has 0 spiro atoms. The lowest BCUT2D eigenvalue weighted by molar-refractivity contribution is -0.113. The van der Waals surface area contributed by atoms with Crippen LogP contribution in [0.1, 0.15) is 11.1 Å². The van der Waals surface area contributed by atoms with Crippen LogP contribution in [-0.2, 0) is 4.79 Å². The summed E-state index contributed by atoms with van der Waals surface area (Å²) in [5, 5.41) is 12.5. The minimum Gasteiger partial charge on any atom is -0.507 e. The van der Waals surface area contributed by atoms with Crippen LogP contribution in [0.4, 0.5) is 5.69 Å². The Labute approximate surface area is 123 Å². The lowest BCUT2D eigenvalue weighted by Gasteiger charge is -2.08. The molecule has 2 N–H and O–H groups in total. The first-order valence-corrected chi connectivity index (χ1v) is 7.33. The number of aryl methyl sites for hydroxylation is 2. The molecule has 3 nitrogen and oxygen atoms in total. The summed E-state index contributed by atoms with van der Waals surface area (Å²) in [5.41, 5.74) is 3.15. The Morgan fingerprint density at radius 1 is 1.15 bits per heavy atom. The van der Waals surface area contributed by atoms with E-state index < -0.39 is 0 Å². The van der Waals surface area contributed by atoms with Crippen molar-refractivity contribution in [1.29, 1.82) is 0 Å². The molecule has 0 aliphatic rings. The Morgan fingerprint density at radius 3 is 2.60 bits per heavy atom. The van der Waals surface area contributed by atoms with Gasteiger partial charge in [-0.3, -0.25) is 4.79 Å². The van der Waals surface area contributed by atoms with Crippen LogP contribution < -0.4 is 5.32 Å². The van der Waals surface area contributed by atoms with E-state index in [1.807, 2.05) is 38.1 Å². The first-order chi connectivity index (χ1) is 9.56. The molecule has 0 aliphatic carbocycles. The van der Waals surface area contributed by atoms with Gasteiger partial charge in [0.05, 0.1) is 5.75 Å². The molecule has 0 atom stereocenters. The van der Waals surface area contributed by atoms with E-state index in [-0.39, 0.29) is 17.4 Å². The molecule has 104 valence electrons. The molecule has 0 heterocycles. The third kappa shape index (κ3) is 3.78. The van der Waals surface area contributed by atoms with Gasteiger partial charge in [0.15, 0.2) is 0 Å². The number of carbonyl (C=O) groups excluding carboxylic acids is 1. The Bertz CT molecular complexity index is 626. The van der Waals surface area contributed by atoms with Gasteiger partial charge in [0.25, 0.3) is 0 Å². The van der Waals surface area contributed by atoms with E-state index in [1.165, 1.54) is 17.3 Å². The average molecular weight is 287 g/mol. The van der Waals surface area contributed by atoms with Crippen molar-refractivity contribution in [1.82, 2.24) is 0 Å². The minimum atomic E-state index is -0.0819. The maximum absolute atomic E-state index is 11.9. The summed E-state index contributed by atoms with van der Waals surface area (Å²) < 4.78 is 0. The van der Waals surface area contributed by atoms with Gasteiger partial charge in [-0.15, -0.1) is 11.8 Å². The van der Waals surface area contributed by atoms with Crippen LogP contribution >= 0.6 is 11.8 Å². The highest BCUT2D eigenvalue weighted by molar-refractivity contribution is 8.00. The van der Waals surface area contributed by atoms with E-state index >= 15 is 0 Å². The molecule has 0 fully saturated rings. The Balaban J connectivity index is 1.93. The van der Waals surface area contributed by atoms with Crippen LogP contribution in [-0.4, -0.2) is 16.8 Å². The van der Waals surface area contributed by atoms with E-state index in [0.717, 1.165) is 11.3 Å². The van der Waals surface area contributed by atoms with E-state index in [9.17, 15) is 9.90 Å². The smallest absolute Gasteiger partial charge is 0.234 e. The zero-order chi connectivity index (χ0) is 14.5. The number of aromatic hydroxyl groups is 1. The SMILES string of the molecule is Cc1ccc(NC(=O)CSc2ccccc2O)cc1C. The monoisotopic (exact) mass is 287 g/mol. The molecule has 4 heteroatoms. The van der Waals surface area contributed by atoms with E-state index in [0.29, 0.717) is 4.90 Å². The number of carbonyl (C=O) groups is 1. The average Bonchev–Trinajstić information content (AvgIpc) is 2.42. The van der Waals surface area contributed by atoms with Crippen molar-refractivity contribution in [3.8, 4) is 5.75 Å². The van der Waals surface area contributed by atoms with Crippen LogP contribution in [0.25, 0.3) is 0 Å². The third-order valence-electron chi connectivity index (χ3n) is 3.01. The van der Waals surface area contributed by atoms with Crippen molar-refractivity contribution in [3.05, 3.63) is 53.6 Å². The predicted octanol–water partition coefficient (Wildman–Crippen LogP) is 3.74. The van der Waals surface area contributed by atoms with Gasteiger partial charge in [-0.1, -0.05) is 18.2 Å². The number of nitrogens with one attached hydrogen (secondary N) is 1. The van der Waals surface area contributed by atoms with Crippen molar-refractivity contribution in [3.63, 3.8) is 0 Å². The van der Waals surface area contributed by atoms with E-state index in [4.69, 9.17) is 0 Å². The summed E-state index contributed by atoms with van der Waals surface area (Å²) in [5.74, 6) is 0.391. The number of thioether (sulfide) groups is 1. The summed E-state index contributed by atoms with van der Waals surface area (Å²) in [6.45, 7) is 4.05. The Morgan fingerprint density at radius 2 is 1.90 bits per heavy atom. The van der Waals surface area contributed by atoms with Crippen molar-refractivity contribution in [2.75, 3.05) is 11.1 Å². The summed E-state index contributed by atoms with van der Waals surface area (Å²) in [6.07, 6.45) is 0. The van der Waals surface area contributed by atoms with Gasteiger partial charge in [0.2, 0.25) is 5.91 Å². The second kappa shape index (κ2) is 6.48. The number of phenolic OH excluding ortho intramolecular Hbond substituents is 1. The highest BCUT2D eigenvalue weighted by atomic mass is 32.2. The molecule has 20 heavy (non-hydrogen) atoms. The van der Waals surface area contributed by atoms with Crippen LogP contribution in [0.15, 0.2) is 47.4 Å². The number of phenols is 1. The zero-order valence-corrected chi connectivity index (χ0v) is 12.3. The quantitative estimate of drug-likeness (QED) is 0.842. The molecule has 0 radical (unpaired) electrons. The topological polar surface area (TPSA) is 49.3 Å². The lowest BCUT2D eigenvalue weighted by Crippen LogP contribution is -2.14. The molecular formula is C16H17NO2S. The van der Waals surface area contributed by atoms with Crippen LogP contribution in [0.2, 0.25) is 0 Å². The maximum atomic E-state index is 11.9. The summed E-state index contributed by atoms with van der Waals surface area (Å²) in [6, 6.07) is 12.8. The highest BCUT2D eigenvalue weighted by Crippen LogP contribution is 2.27. The fraction of sp³-hybridized carbons (Fsp3) is 0.188. The van der Waals surface area contributed by atoms with Crippen LogP contribution in [0.3, 0.4) is 0 Å². The first-order valence-electron chi connectivity index (χ1n) is 6.34. The molecule has 0 bridgehead atoms. The molecular weight excluding hydrogens is 270 g/mol. The predicted molar refractivity (Wildman–Crippen MR) is 83.4 cm³/mol. The van der Waals surface area contributed by atoms with Gasteiger partial charge in [-0.2, -0.15) is 0 Å². The Kier molecular flexibility index (Phi) is 4.69. The fourth-order valence-electron chi connectivity index (χ4n) is 1.74. The van der Waals surface area contributed by atoms with Gasteiger partial charge in [0.1, 0.15) is 5.75 Å². The number of hydrogen-bond donors (Lipinski definition) is 2. The number of para-hydroxylation sites is 1. The van der Waals surface area contributed by atoms with Gasteiger partial charge in [0, 0.05) is 10.6 Å². The second-order valence-corrected chi connectivity index (χ2v) is 5.62. The molecule has 1 amide bonds. The normalized spacial score (nSPS) is 10.3. The van der Waals surface area contributed by atoms with Crippen LogP contribution in [0, 0.1) is 13.8 Å². The van der Waals surface area contributed by atoms with Gasteiger partial charge in [-0.05, 0) is 49.2 Å². The standard InChI is InChI=1S/C16H17NO2S/c1-11-7-8-13(9-12(11)2)17-16(19)10-20-15-6-4-3-5-14(15)18/h3-9,18H,10H2,1-2H3,(H,17,19). The minimum absolute atomic E-state index is 0.0819. The maximum Gasteiger partial charge on any atom is 0.234 e. The summed E-state index contributed by atoms with van der Waals surface area (Å²) in [4.78, 5) is 12.6. The third-order valence-corrected chi connectivity index (χ3v) is 4.08. The summed E-state index contributed by atoms with van der Waals surface area (Å²) >= 11 is 1.32. The molecule has 2 aromatic carbocycles. The number of amides is 1. The van der Waals surface area contributed by atoms with Gasteiger partial charge < -0.3 is 10.4 Å². The number of rotatable bonds is 4. The van der Waals surface area contributed by atoms with E-state index in [2.05, 4.69) is 5.32 Å². The number of benzene rings is 2. The zero-order valence-electron chi connectivity index (χ0n) is 11.5. The Hall–Kier alpha value is -1.94. The second-order valence-electron chi connectivity index (χ2n) is 4.60. The molecule has 2 aromatic rings. The first kappa shape index (κ1) is 14.5.